The fourth-order valence-electron chi connectivity index (χ4n) is 2.44. The van der Waals surface area contributed by atoms with E-state index >= 15 is 0 Å². The summed E-state index contributed by atoms with van der Waals surface area (Å²) in [6, 6.07) is 7.72. The Labute approximate surface area is 111 Å². The normalized spacial score (nSPS) is 15.9. The first kappa shape index (κ1) is 12.0. The molecule has 0 aliphatic carbocycles. The molecule has 0 radical (unpaired) electrons. The van der Waals surface area contributed by atoms with Crippen LogP contribution in [0.15, 0.2) is 30.5 Å². The molecule has 0 bridgehead atoms. The van der Waals surface area contributed by atoms with Crippen LogP contribution in [-0.2, 0) is 16.1 Å². The average Bonchev–Trinajstić information content (AvgIpc) is 2.84. The lowest BCUT2D eigenvalue weighted by Gasteiger charge is -2.27. The van der Waals surface area contributed by atoms with E-state index in [0.717, 1.165) is 16.6 Å². The van der Waals surface area contributed by atoms with Gasteiger partial charge in [0.25, 0.3) is 0 Å². The van der Waals surface area contributed by atoms with Crippen LogP contribution in [0.2, 0.25) is 0 Å². The van der Waals surface area contributed by atoms with Crippen LogP contribution in [0.5, 0.6) is 0 Å². The van der Waals surface area contributed by atoms with E-state index in [0.29, 0.717) is 32.8 Å². The van der Waals surface area contributed by atoms with Gasteiger partial charge in [-0.2, -0.15) is 0 Å². The second kappa shape index (κ2) is 4.93. The van der Waals surface area contributed by atoms with Crippen LogP contribution in [0, 0.1) is 0 Å². The van der Waals surface area contributed by atoms with Crippen molar-refractivity contribution in [3.63, 3.8) is 0 Å². The van der Waals surface area contributed by atoms with Crippen molar-refractivity contribution < 1.29 is 9.53 Å². The van der Waals surface area contributed by atoms with Gasteiger partial charge >= 0.3 is 0 Å². The number of carbonyl (C=O) groups is 1. The molecule has 1 aliphatic heterocycles. The van der Waals surface area contributed by atoms with E-state index in [1.54, 1.807) is 0 Å². The van der Waals surface area contributed by atoms with Gasteiger partial charge in [-0.05, 0) is 18.2 Å². The van der Waals surface area contributed by atoms with Crippen LogP contribution in [-0.4, -0.2) is 41.7 Å². The van der Waals surface area contributed by atoms with Crippen molar-refractivity contribution in [2.24, 2.45) is 0 Å². The van der Waals surface area contributed by atoms with Gasteiger partial charge in [0, 0.05) is 30.4 Å². The van der Waals surface area contributed by atoms with Gasteiger partial charge in [-0.3, -0.25) is 4.79 Å². The number of fused-ring (bicyclic) bond motifs is 1. The number of amides is 1. The van der Waals surface area contributed by atoms with Crippen molar-refractivity contribution in [3.8, 4) is 0 Å². The number of benzene rings is 1. The molecule has 1 aromatic carbocycles. The molecular formula is C14H17N3O2. The van der Waals surface area contributed by atoms with Crippen molar-refractivity contribution in [1.29, 1.82) is 0 Å². The van der Waals surface area contributed by atoms with Gasteiger partial charge in [-0.15, -0.1) is 0 Å². The van der Waals surface area contributed by atoms with Gasteiger partial charge in [0.2, 0.25) is 5.91 Å². The van der Waals surface area contributed by atoms with E-state index in [9.17, 15) is 4.79 Å². The van der Waals surface area contributed by atoms with Crippen LogP contribution >= 0.6 is 0 Å². The van der Waals surface area contributed by atoms with Crippen LogP contribution in [0.25, 0.3) is 10.9 Å². The second-order valence-electron chi connectivity index (χ2n) is 4.72. The number of hydrogen-bond acceptors (Lipinski definition) is 3. The summed E-state index contributed by atoms with van der Waals surface area (Å²) in [6.45, 7) is 2.98. The molecule has 100 valence electrons. The van der Waals surface area contributed by atoms with Gasteiger partial charge in [-0.25, -0.2) is 0 Å². The molecule has 1 saturated heterocycles. The molecule has 1 fully saturated rings. The van der Waals surface area contributed by atoms with Crippen LogP contribution in [0.1, 0.15) is 0 Å². The smallest absolute Gasteiger partial charge is 0.242 e. The zero-order valence-corrected chi connectivity index (χ0v) is 10.7. The van der Waals surface area contributed by atoms with Gasteiger partial charge in [0.1, 0.15) is 6.54 Å². The van der Waals surface area contributed by atoms with Crippen LogP contribution in [0.4, 0.5) is 5.69 Å². The fraction of sp³-hybridized carbons (Fsp3) is 0.357. The number of hydrogen-bond donors (Lipinski definition) is 1. The Kier molecular flexibility index (Phi) is 3.13. The average molecular weight is 259 g/mol. The van der Waals surface area contributed by atoms with Crippen molar-refractivity contribution >= 4 is 22.5 Å². The molecule has 0 saturated carbocycles. The summed E-state index contributed by atoms with van der Waals surface area (Å²) in [6.07, 6.45) is 1.92. The highest BCUT2D eigenvalue weighted by Crippen LogP contribution is 2.21. The molecule has 1 aromatic heterocycles. The molecule has 0 unspecified atom stereocenters. The third kappa shape index (κ3) is 2.29. The van der Waals surface area contributed by atoms with Gasteiger partial charge in [-0.1, -0.05) is 6.07 Å². The maximum Gasteiger partial charge on any atom is 0.242 e. The molecule has 1 aliphatic rings. The molecule has 1 amide bonds. The van der Waals surface area contributed by atoms with E-state index in [4.69, 9.17) is 10.5 Å². The Morgan fingerprint density at radius 2 is 2.05 bits per heavy atom. The number of nitrogen functional groups attached to an aromatic ring is 1. The maximum absolute atomic E-state index is 12.2. The van der Waals surface area contributed by atoms with Gasteiger partial charge in [0.05, 0.1) is 18.7 Å². The first-order valence-electron chi connectivity index (χ1n) is 6.44. The molecule has 2 aromatic rings. The Bertz CT molecular complexity index is 600. The number of nitrogens with two attached hydrogens (primary N) is 1. The highest BCUT2D eigenvalue weighted by Gasteiger charge is 2.17. The number of aromatic nitrogens is 1. The molecule has 3 rings (SSSR count). The standard InChI is InChI=1S/C14H17N3O2/c15-12-2-1-3-13-11(12)4-5-17(13)10-14(18)16-6-8-19-9-7-16/h1-5H,6-10,15H2. The highest BCUT2D eigenvalue weighted by atomic mass is 16.5. The van der Waals surface area contributed by atoms with E-state index in [2.05, 4.69) is 0 Å². The predicted octanol–water partition coefficient (Wildman–Crippen LogP) is 1.08. The summed E-state index contributed by atoms with van der Waals surface area (Å²) in [4.78, 5) is 14.1. The highest BCUT2D eigenvalue weighted by molar-refractivity contribution is 5.92. The number of rotatable bonds is 2. The molecule has 19 heavy (non-hydrogen) atoms. The molecule has 5 heteroatoms. The molecule has 5 nitrogen and oxygen atoms in total. The molecule has 2 heterocycles. The lowest BCUT2D eigenvalue weighted by atomic mass is 10.2. The molecule has 0 atom stereocenters. The largest absolute Gasteiger partial charge is 0.398 e. The summed E-state index contributed by atoms with van der Waals surface area (Å²) < 4.78 is 7.20. The van der Waals surface area contributed by atoms with E-state index in [-0.39, 0.29) is 5.91 Å². The lowest BCUT2D eigenvalue weighted by Crippen LogP contribution is -2.42. The zero-order chi connectivity index (χ0) is 13.2. The second-order valence-corrected chi connectivity index (χ2v) is 4.72. The first-order valence-corrected chi connectivity index (χ1v) is 6.44. The summed E-state index contributed by atoms with van der Waals surface area (Å²) >= 11 is 0. The minimum Gasteiger partial charge on any atom is -0.398 e. The minimum absolute atomic E-state index is 0.128. The molecule has 2 N–H and O–H groups in total. The Balaban J connectivity index is 1.81. The van der Waals surface area contributed by atoms with E-state index < -0.39 is 0 Å². The van der Waals surface area contributed by atoms with Crippen molar-refractivity contribution in [3.05, 3.63) is 30.5 Å². The Morgan fingerprint density at radius 1 is 1.26 bits per heavy atom. The number of carbonyl (C=O) groups excluding carboxylic acids is 1. The molecular weight excluding hydrogens is 242 g/mol. The maximum atomic E-state index is 12.2. The fourth-order valence-corrected chi connectivity index (χ4v) is 2.44. The van der Waals surface area contributed by atoms with Gasteiger partial charge < -0.3 is 19.9 Å². The predicted molar refractivity (Wildman–Crippen MR) is 73.7 cm³/mol. The summed E-state index contributed by atoms with van der Waals surface area (Å²) in [7, 11) is 0. The topological polar surface area (TPSA) is 60.5 Å². The van der Waals surface area contributed by atoms with E-state index in [1.165, 1.54) is 0 Å². The third-order valence-electron chi connectivity index (χ3n) is 3.52. The minimum atomic E-state index is 0.128. The first-order chi connectivity index (χ1) is 9.25. The summed E-state index contributed by atoms with van der Waals surface area (Å²) in [5, 5.41) is 0.997. The number of anilines is 1. The van der Waals surface area contributed by atoms with Gasteiger partial charge in [0.15, 0.2) is 0 Å². The lowest BCUT2D eigenvalue weighted by molar-refractivity contribution is -0.135. The Morgan fingerprint density at radius 3 is 2.84 bits per heavy atom. The quantitative estimate of drug-likeness (QED) is 0.821. The molecule has 0 spiro atoms. The number of morpholine rings is 1. The number of nitrogens with zero attached hydrogens (tertiary/aromatic N) is 2. The SMILES string of the molecule is Nc1cccc2c1ccn2CC(=O)N1CCOCC1. The van der Waals surface area contributed by atoms with E-state index in [1.807, 2.05) is 39.9 Å². The zero-order valence-electron chi connectivity index (χ0n) is 10.7. The van der Waals surface area contributed by atoms with Crippen molar-refractivity contribution in [1.82, 2.24) is 9.47 Å². The van der Waals surface area contributed by atoms with Crippen LogP contribution < -0.4 is 5.73 Å². The summed E-state index contributed by atoms with van der Waals surface area (Å²) in [5.74, 6) is 0.128. The third-order valence-corrected chi connectivity index (χ3v) is 3.52. The summed E-state index contributed by atoms with van der Waals surface area (Å²) in [5.41, 5.74) is 7.66. The monoisotopic (exact) mass is 259 g/mol. The van der Waals surface area contributed by atoms with Crippen LogP contribution in [0.3, 0.4) is 0 Å². The van der Waals surface area contributed by atoms with Crippen molar-refractivity contribution in [2.45, 2.75) is 6.54 Å². The van der Waals surface area contributed by atoms with Crippen molar-refractivity contribution in [2.75, 3.05) is 32.0 Å². The Hall–Kier alpha value is -2.01. The number of ether oxygens (including phenoxy) is 1.